The Balaban J connectivity index is 2.84. The molecular formula is C23H37ClN4Ru. The van der Waals surface area contributed by atoms with Gasteiger partial charge in [-0.05, 0) is 0 Å². The molecule has 0 atom stereocenters. The molecular weight excluding hydrogens is 469 g/mol. The third-order valence-corrected chi connectivity index (χ3v) is 13.8. The van der Waals surface area contributed by atoms with Crippen molar-refractivity contribution in [3.63, 3.8) is 0 Å². The maximum atomic E-state index is 8.05. The molecule has 0 aliphatic heterocycles. The van der Waals surface area contributed by atoms with E-state index in [4.69, 9.17) is 9.69 Å². The van der Waals surface area contributed by atoms with Crippen molar-refractivity contribution in [2.75, 3.05) is 0 Å². The molecule has 0 N–H and O–H groups in total. The summed E-state index contributed by atoms with van der Waals surface area (Å²) >= 11 is -3.22. The molecule has 2 heterocycles. The molecule has 2 aromatic rings. The number of aromatic nitrogens is 4. The molecule has 0 fully saturated rings. The van der Waals surface area contributed by atoms with Crippen molar-refractivity contribution in [2.45, 2.75) is 86.0 Å². The summed E-state index contributed by atoms with van der Waals surface area (Å²) in [7, 11) is 8.05. The zero-order valence-electron chi connectivity index (χ0n) is 19.1. The van der Waals surface area contributed by atoms with Gasteiger partial charge in [-0.25, -0.2) is 0 Å². The van der Waals surface area contributed by atoms with E-state index >= 15 is 0 Å². The Morgan fingerprint density at radius 2 is 1.03 bits per heavy atom. The van der Waals surface area contributed by atoms with Gasteiger partial charge in [0.2, 0.25) is 0 Å². The van der Waals surface area contributed by atoms with Crippen LogP contribution in [-0.2, 0) is 12.9 Å². The summed E-state index contributed by atoms with van der Waals surface area (Å²) in [4.78, 5) is 0. The third kappa shape index (κ3) is 3.81. The number of imidazole rings is 2. The monoisotopic (exact) mass is 506 g/mol. The Kier molecular flexibility index (Phi) is 6.60. The molecule has 29 heavy (non-hydrogen) atoms. The van der Waals surface area contributed by atoms with Gasteiger partial charge in [-0.2, -0.15) is 0 Å². The molecule has 6 heteroatoms. The van der Waals surface area contributed by atoms with Crippen LogP contribution in [-0.4, -0.2) is 18.3 Å². The van der Waals surface area contributed by atoms with Crippen molar-refractivity contribution >= 4 is 9.69 Å². The fourth-order valence-electron chi connectivity index (χ4n) is 3.68. The quantitative estimate of drug-likeness (QED) is 0.385. The van der Waals surface area contributed by atoms with Crippen LogP contribution in [0.4, 0.5) is 0 Å². The number of halogens is 1. The summed E-state index contributed by atoms with van der Waals surface area (Å²) in [6.45, 7) is 18.0. The molecule has 0 radical (unpaired) electrons. The summed E-state index contributed by atoms with van der Waals surface area (Å²) in [6, 6.07) is 1.42. The van der Waals surface area contributed by atoms with Gasteiger partial charge in [-0.15, -0.1) is 0 Å². The van der Waals surface area contributed by atoms with Crippen molar-refractivity contribution in [3.8, 4) is 0 Å². The van der Waals surface area contributed by atoms with Gasteiger partial charge in [-0.1, -0.05) is 0 Å². The van der Waals surface area contributed by atoms with E-state index in [1.165, 1.54) is 12.2 Å². The Labute approximate surface area is 181 Å². The zero-order chi connectivity index (χ0) is 21.5. The first-order valence-electron chi connectivity index (χ1n) is 10.6. The van der Waals surface area contributed by atoms with Crippen LogP contribution in [0.15, 0.2) is 47.2 Å². The van der Waals surface area contributed by atoms with E-state index in [1.54, 1.807) is 0 Å². The number of allylic oxidation sites excluding steroid dienone is 4. The van der Waals surface area contributed by atoms with Gasteiger partial charge in [0.1, 0.15) is 0 Å². The Morgan fingerprint density at radius 3 is 1.28 bits per heavy atom. The van der Waals surface area contributed by atoms with Crippen LogP contribution in [0.5, 0.6) is 0 Å². The number of hydrogen-bond donors (Lipinski definition) is 0. The molecule has 0 saturated carbocycles. The summed E-state index contributed by atoms with van der Waals surface area (Å²) in [5, 5.41) is 0. The molecule has 164 valence electrons. The molecule has 4 nitrogen and oxygen atoms in total. The van der Waals surface area contributed by atoms with Crippen LogP contribution < -0.4 is 0 Å². The van der Waals surface area contributed by atoms with E-state index in [0.29, 0.717) is 24.2 Å². The average Bonchev–Trinajstić information content (AvgIpc) is 3.39. The Hall–Kier alpha value is -1.19. The van der Waals surface area contributed by atoms with Gasteiger partial charge in [0, 0.05) is 0 Å². The van der Waals surface area contributed by atoms with Crippen molar-refractivity contribution in [3.05, 3.63) is 55.2 Å². The van der Waals surface area contributed by atoms with E-state index in [0.717, 1.165) is 6.42 Å². The predicted molar refractivity (Wildman–Crippen MR) is 121 cm³/mol. The van der Waals surface area contributed by atoms with Crippen LogP contribution in [0.3, 0.4) is 0 Å². The molecule has 3 rings (SSSR count). The molecule has 1 aliphatic rings. The minimum absolute atomic E-state index is 0.356. The number of hydrogen-bond acceptors (Lipinski definition) is 0. The number of nitrogens with zero attached hydrogens (tertiary/aromatic N) is 4. The molecule has 2 aromatic heterocycles. The first-order chi connectivity index (χ1) is 13.6. The van der Waals surface area contributed by atoms with Gasteiger partial charge in [-0.3, -0.25) is 0 Å². The second kappa shape index (κ2) is 8.51. The second-order valence-corrected chi connectivity index (χ2v) is 16.1. The predicted octanol–water partition coefficient (Wildman–Crippen LogP) is 7.13. The third-order valence-electron chi connectivity index (χ3n) is 5.29. The Morgan fingerprint density at radius 1 is 0.690 bits per heavy atom. The fourth-order valence-corrected chi connectivity index (χ4v) is 13.3. The standard InChI is InChI=1S/2C9H16N2.C5H5.ClH.Ru/c2*1-8(2)10-5-6-11(7-10)9(3)4;1-2-4-5-3-1;;/h2*5-6,8-9H,1-4H3;1-3H,4H2;1H;/q;;;;+1/p-1. The van der Waals surface area contributed by atoms with E-state index in [-0.39, 0.29) is 0 Å². The first kappa shape index (κ1) is 22.5. The van der Waals surface area contributed by atoms with E-state index in [9.17, 15) is 0 Å². The Bertz CT molecular complexity index is 1010. The molecule has 1 aliphatic carbocycles. The fraction of sp³-hybridized carbons (Fsp3) is 0.565. The molecule has 0 amide bonds. The van der Waals surface area contributed by atoms with E-state index in [2.05, 4.69) is 117 Å². The van der Waals surface area contributed by atoms with Crippen LogP contribution in [0.2, 0.25) is 0 Å². The topological polar surface area (TPSA) is 19.7 Å². The zero-order valence-corrected chi connectivity index (χ0v) is 21.6. The van der Waals surface area contributed by atoms with Crippen LogP contribution in [0.1, 0.15) is 86.0 Å². The van der Waals surface area contributed by atoms with Gasteiger partial charge >= 0.3 is 182 Å². The maximum absolute atomic E-state index is 8.05. The molecule has 0 saturated heterocycles. The van der Waals surface area contributed by atoms with Crippen molar-refractivity contribution < 1.29 is 12.9 Å². The van der Waals surface area contributed by atoms with E-state index < -0.39 is 12.9 Å². The van der Waals surface area contributed by atoms with Gasteiger partial charge in [0.05, 0.1) is 0 Å². The van der Waals surface area contributed by atoms with Gasteiger partial charge in [0.25, 0.3) is 0 Å². The minimum atomic E-state index is -3.22. The van der Waals surface area contributed by atoms with Gasteiger partial charge in [0.15, 0.2) is 0 Å². The summed E-state index contributed by atoms with van der Waals surface area (Å²) in [5.41, 5.74) is 0. The second-order valence-electron chi connectivity index (χ2n) is 8.81. The van der Waals surface area contributed by atoms with E-state index in [1.807, 2.05) is 0 Å². The molecule has 0 spiro atoms. The van der Waals surface area contributed by atoms with Crippen LogP contribution >= 0.6 is 9.69 Å². The van der Waals surface area contributed by atoms with Crippen molar-refractivity contribution in [1.82, 2.24) is 18.3 Å². The molecule has 0 bridgehead atoms. The summed E-state index contributed by atoms with van der Waals surface area (Å²) in [6.07, 6.45) is 16.6. The van der Waals surface area contributed by atoms with Crippen LogP contribution in [0.25, 0.3) is 0 Å². The normalized spacial score (nSPS) is 15.4. The number of rotatable bonds is 5. The van der Waals surface area contributed by atoms with Gasteiger partial charge < -0.3 is 0 Å². The summed E-state index contributed by atoms with van der Waals surface area (Å²) in [5.74, 6) is 0. The summed E-state index contributed by atoms with van der Waals surface area (Å²) < 4.78 is 13.7. The molecule has 0 aromatic carbocycles. The average molecular weight is 506 g/mol. The van der Waals surface area contributed by atoms with Crippen LogP contribution in [0, 0.1) is 8.03 Å². The first-order valence-corrected chi connectivity index (χ1v) is 15.5. The van der Waals surface area contributed by atoms with Crippen molar-refractivity contribution in [1.29, 1.82) is 0 Å². The molecule has 0 unspecified atom stereocenters. The van der Waals surface area contributed by atoms with Crippen molar-refractivity contribution in [2.24, 2.45) is 0 Å². The SMILES string of the molecule is CC(C)n1ccn(C(C)C)[c]1=[Ru]([Cl])([C]1=CC=CC1)=[c]1n(C(C)C)ccn1C(C)C.